The maximum Gasteiger partial charge on any atom is 0.123 e. The van der Waals surface area contributed by atoms with E-state index in [9.17, 15) is 4.39 Å². The van der Waals surface area contributed by atoms with Crippen LogP contribution in [-0.2, 0) is 6.54 Å². The minimum Gasteiger partial charge on any atom is -0.295 e. The molecule has 1 fully saturated rings. The van der Waals surface area contributed by atoms with Gasteiger partial charge < -0.3 is 0 Å². The fourth-order valence-electron chi connectivity index (χ4n) is 2.66. The Morgan fingerprint density at radius 1 is 0.957 bits per heavy atom. The van der Waals surface area contributed by atoms with Gasteiger partial charge in [0.2, 0.25) is 0 Å². The van der Waals surface area contributed by atoms with Gasteiger partial charge >= 0.3 is 0 Å². The molecule has 2 aromatic rings. The van der Waals surface area contributed by atoms with E-state index in [4.69, 9.17) is 0 Å². The normalized spacial score (nSPS) is 16.2. The SMILES string of the molecule is Cc1ccc(CN2CCN(/N=C/c3ccc(F)cc3)CC2)cc1. The number of hydrazone groups is 1. The van der Waals surface area contributed by atoms with Gasteiger partial charge in [0, 0.05) is 32.7 Å². The summed E-state index contributed by atoms with van der Waals surface area (Å²) in [4.78, 5) is 2.45. The van der Waals surface area contributed by atoms with Crippen molar-refractivity contribution in [1.82, 2.24) is 9.91 Å². The zero-order chi connectivity index (χ0) is 16.1. The number of hydrogen-bond donors (Lipinski definition) is 0. The third-order valence-corrected chi connectivity index (χ3v) is 4.12. The molecular weight excluding hydrogens is 289 g/mol. The molecule has 0 aliphatic carbocycles. The van der Waals surface area contributed by atoms with Crippen molar-refractivity contribution in [2.45, 2.75) is 13.5 Å². The number of piperazine rings is 1. The van der Waals surface area contributed by atoms with E-state index < -0.39 is 0 Å². The van der Waals surface area contributed by atoms with Crippen LogP contribution in [0.3, 0.4) is 0 Å². The monoisotopic (exact) mass is 311 g/mol. The van der Waals surface area contributed by atoms with Gasteiger partial charge in [-0.15, -0.1) is 0 Å². The maximum atomic E-state index is 12.9. The summed E-state index contributed by atoms with van der Waals surface area (Å²) in [6.45, 7) is 6.97. The highest BCUT2D eigenvalue weighted by Gasteiger charge is 2.15. The molecule has 0 bridgehead atoms. The van der Waals surface area contributed by atoms with Gasteiger partial charge in [-0.2, -0.15) is 5.10 Å². The van der Waals surface area contributed by atoms with E-state index in [2.05, 4.69) is 46.2 Å². The summed E-state index contributed by atoms with van der Waals surface area (Å²) in [6.07, 6.45) is 1.80. The van der Waals surface area contributed by atoms with Gasteiger partial charge in [-0.3, -0.25) is 9.91 Å². The van der Waals surface area contributed by atoms with E-state index in [1.165, 1.54) is 23.3 Å². The van der Waals surface area contributed by atoms with Crippen LogP contribution in [0.15, 0.2) is 53.6 Å². The number of hydrogen-bond acceptors (Lipinski definition) is 3. The molecule has 1 saturated heterocycles. The minimum absolute atomic E-state index is 0.216. The average molecular weight is 311 g/mol. The fourth-order valence-corrected chi connectivity index (χ4v) is 2.66. The van der Waals surface area contributed by atoms with Crippen LogP contribution in [0.2, 0.25) is 0 Å². The topological polar surface area (TPSA) is 18.8 Å². The van der Waals surface area contributed by atoms with Crippen LogP contribution < -0.4 is 0 Å². The molecule has 1 aliphatic heterocycles. The molecule has 0 atom stereocenters. The van der Waals surface area contributed by atoms with E-state index in [-0.39, 0.29) is 5.82 Å². The smallest absolute Gasteiger partial charge is 0.123 e. The molecule has 0 unspecified atom stereocenters. The first-order chi connectivity index (χ1) is 11.2. The van der Waals surface area contributed by atoms with E-state index in [0.717, 1.165) is 38.3 Å². The predicted octanol–water partition coefficient (Wildman–Crippen LogP) is 3.29. The van der Waals surface area contributed by atoms with Gasteiger partial charge in [-0.05, 0) is 30.2 Å². The molecule has 0 aromatic heterocycles. The van der Waals surface area contributed by atoms with Crippen LogP contribution in [-0.4, -0.2) is 42.3 Å². The molecule has 0 amide bonds. The zero-order valence-electron chi connectivity index (χ0n) is 13.5. The Morgan fingerprint density at radius 3 is 2.26 bits per heavy atom. The molecule has 1 aliphatic rings. The average Bonchev–Trinajstić information content (AvgIpc) is 2.58. The van der Waals surface area contributed by atoms with Crippen molar-refractivity contribution in [2.75, 3.05) is 26.2 Å². The lowest BCUT2D eigenvalue weighted by Crippen LogP contribution is -2.43. The second-order valence-corrected chi connectivity index (χ2v) is 6.01. The number of halogens is 1. The summed E-state index contributed by atoms with van der Waals surface area (Å²) in [5, 5.41) is 6.57. The Bertz CT molecular complexity index is 641. The highest BCUT2D eigenvalue weighted by Crippen LogP contribution is 2.10. The predicted molar refractivity (Wildman–Crippen MR) is 92.0 cm³/mol. The summed E-state index contributed by atoms with van der Waals surface area (Å²) < 4.78 is 12.9. The van der Waals surface area contributed by atoms with Gasteiger partial charge in [0.05, 0.1) is 6.21 Å². The Hall–Kier alpha value is -2.20. The van der Waals surface area contributed by atoms with Gasteiger partial charge in [-0.25, -0.2) is 4.39 Å². The highest BCUT2D eigenvalue weighted by atomic mass is 19.1. The second-order valence-electron chi connectivity index (χ2n) is 6.01. The van der Waals surface area contributed by atoms with Crippen LogP contribution in [0.4, 0.5) is 4.39 Å². The van der Waals surface area contributed by atoms with Gasteiger partial charge in [0.25, 0.3) is 0 Å². The van der Waals surface area contributed by atoms with Crippen molar-refractivity contribution in [3.8, 4) is 0 Å². The van der Waals surface area contributed by atoms with Gasteiger partial charge in [0.15, 0.2) is 0 Å². The first-order valence-corrected chi connectivity index (χ1v) is 8.01. The third kappa shape index (κ3) is 4.63. The van der Waals surface area contributed by atoms with Gasteiger partial charge in [-0.1, -0.05) is 42.0 Å². The van der Waals surface area contributed by atoms with E-state index >= 15 is 0 Å². The van der Waals surface area contributed by atoms with Crippen LogP contribution in [0.1, 0.15) is 16.7 Å². The Morgan fingerprint density at radius 2 is 1.61 bits per heavy atom. The molecular formula is C19H22FN3. The molecule has 3 rings (SSSR count). The third-order valence-electron chi connectivity index (χ3n) is 4.12. The Balaban J connectivity index is 1.48. The van der Waals surface area contributed by atoms with Crippen molar-refractivity contribution in [1.29, 1.82) is 0 Å². The molecule has 120 valence electrons. The van der Waals surface area contributed by atoms with Crippen molar-refractivity contribution in [3.63, 3.8) is 0 Å². The van der Waals surface area contributed by atoms with E-state index in [1.807, 2.05) is 0 Å². The maximum absolute atomic E-state index is 12.9. The van der Waals surface area contributed by atoms with Crippen molar-refractivity contribution < 1.29 is 4.39 Å². The fraction of sp³-hybridized carbons (Fsp3) is 0.316. The summed E-state index contributed by atoms with van der Waals surface area (Å²) in [7, 11) is 0. The van der Waals surface area contributed by atoms with Crippen LogP contribution in [0.25, 0.3) is 0 Å². The first kappa shape index (κ1) is 15.7. The lowest BCUT2D eigenvalue weighted by molar-refractivity contribution is 0.131. The highest BCUT2D eigenvalue weighted by molar-refractivity contribution is 5.79. The van der Waals surface area contributed by atoms with E-state index in [0.29, 0.717) is 0 Å². The molecule has 2 aromatic carbocycles. The quantitative estimate of drug-likeness (QED) is 0.807. The summed E-state index contributed by atoms with van der Waals surface area (Å²) in [5.74, 6) is -0.216. The molecule has 23 heavy (non-hydrogen) atoms. The Kier molecular flexibility index (Phi) is 5.03. The summed E-state index contributed by atoms with van der Waals surface area (Å²) in [6, 6.07) is 15.1. The van der Waals surface area contributed by atoms with Gasteiger partial charge in [0.1, 0.15) is 5.82 Å². The lowest BCUT2D eigenvalue weighted by atomic mass is 10.1. The first-order valence-electron chi connectivity index (χ1n) is 8.01. The lowest BCUT2D eigenvalue weighted by Gasteiger charge is -2.33. The molecule has 0 radical (unpaired) electrons. The Labute approximate surface area is 137 Å². The zero-order valence-corrected chi connectivity index (χ0v) is 13.5. The molecule has 0 N–H and O–H groups in total. The van der Waals surface area contributed by atoms with Crippen molar-refractivity contribution in [3.05, 3.63) is 71.0 Å². The van der Waals surface area contributed by atoms with Crippen LogP contribution in [0.5, 0.6) is 0 Å². The van der Waals surface area contributed by atoms with Crippen molar-refractivity contribution >= 4 is 6.21 Å². The van der Waals surface area contributed by atoms with Crippen molar-refractivity contribution in [2.24, 2.45) is 5.10 Å². The summed E-state index contributed by atoms with van der Waals surface area (Å²) in [5.41, 5.74) is 3.58. The van der Waals surface area contributed by atoms with Crippen LogP contribution in [0, 0.1) is 12.7 Å². The summed E-state index contributed by atoms with van der Waals surface area (Å²) >= 11 is 0. The number of nitrogens with zero attached hydrogens (tertiary/aromatic N) is 3. The molecule has 4 heteroatoms. The largest absolute Gasteiger partial charge is 0.295 e. The number of benzene rings is 2. The molecule has 3 nitrogen and oxygen atoms in total. The molecule has 0 spiro atoms. The molecule has 0 saturated carbocycles. The van der Waals surface area contributed by atoms with E-state index in [1.54, 1.807) is 18.3 Å². The second kappa shape index (κ2) is 7.38. The molecule has 1 heterocycles. The number of rotatable bonds is 4. The van der Waals surface area contributed by atoms with Crippen LogP contribution >= 0.6 is 0 Å². The number of aryl methyl sites for hydroxylation is 1. The standard InChI is InChI=1S/C19H22FN3/c1-16-2-4-18(5-3-16)15-22-10-12-23(13-11-22)21-14-17-6-8-19(20)9-7-17/h2-9,14H,10-13,15H2,1H3/b21-14+. The minimum atomic E-state index is -0.216.